The van der Waals surface area contributed by atoms with E-state index in [4.69, 9.17) is 11.6 Å². The summed E-state index contributed by atoms with van der Waals surface area (Å²) < 4.78 is 2.75. The quantitative estimate of drug-likeness (QED) is 0.384. The first-order chi connectivity index (χ1) is 15.6. The third-order valence-electron chi connectivity index (χ3n) is 5.76. The molecule has 1 fully saturated rings. The number of thiophene rings is 1. The number of nitrogens with one attached hydrogen (secondary N) is 1. The van der Waals surface area contributed by atoms with Gasteiger partial charge >= 0.3 is 0 Å². The van der Waals surface area contributed by atoms with Gasteiger partial charge in [-0.3, -0.25) is 14.3 Å². The van der Waals surface area contributed by atoms with E-state index in [9.17, 15) is 4.79 Å². The highest BCUT2D eigenvalue weighted by molar-refractivity contribution is 7.98. The summed E-state index contributed by atoms with van der Waals surface area (Å²) in [6.07, 6.45) is 3.71. The molecule has 1 N–H and O–H groups in total. The summed E-state index contributed by atoms with van der Waals surface area (Å²) in [5, 5.41) is 12.4. The van der Waals surface area contributed by atoms with Gasteiger partial charge in [0.15, 0.2) is 11.0 Å². The first kappa shape index (κ1) is 21.6. The lowest BCUT2D eigenvalue weighted by Crippen LogP contribution is -2.33. The van der Waals surface area contributed by atoms with Crippen molar-refractivity contribution in [2.24, 2.45) is 0 Å². The molecule has 1 atom stereocenters. The van der Waals surface area contributed by atoms with Crippen molar-refractivity contribution in [1.29, 1.82) is 0 Å². The van der Waals surface area contributed by atoms with Crippen molar-refractivity contribution in [2.75, 3.05) is 13.1 Å². The van der Waals surface area contributed by atoms with Gasteiger partial charge in [-0.15, -0.1) is 21.5 Å². The van der Waals surface area contributed by atoms with E-state index in [0.29, 0.717) is 21.3 Å². The Balaban J connectivity index is 1.47. The molecule has 0 radical (unpaired) electrons. The van der Waals surface area contributed by atoms with Crippen molar-refractivity contribution in [3.8, 4) is 5.69 Å². The maximum Gasteiger partial charge on any atom is 0.268 e. The van der Waals surface area contributed by atoms with Crippen molar-refractivity contribution in [3.63, 3.8) is 0 Å². The molecule has 1 saturated heterocycles. The van der Waals surface area contributed by atoms with Gasteiger partial charge < -0.3 is 4.98 Å². The van der Waals surface area contributed by atoms with Crippen LogP contribution in [0.25, 0.3) is 15.9 Å². The summed E-state index contributed by atoms with van der Waals surface area (Å²) >= 11 is 9.05. The molecule has 1 unspecified atom stereocenters. The lowest BCUT2D eigenvalue weighted by Gasteiger charge is -2.31. The van der Waals surface area contributed by atoms with E-state index in [1.807, 2.05) is 35.7 Å². The molecule has 0 bridgehead atoms. The second-order valence-corrected chi connectivity index (χ2v) is 10.2. The maximum atomic E-state index is 12.3. The molecule has 4 aromatic rings. The zero-order valence-corrected chi connectivity index (χ0v) is 20.0. The zero-order chi connectivity index (χ0) is 22.1. The summed E-state index contributed by atoms with van der Waals surface area (Å²) in [6, 6.07) is 9.75. The number of rotatable bonds is 6. The highest BCUT2D eigenvalue weighted by Gasteiger charge is 2.25. The number of aromatic nitrogens is 5. The number of fused-ring (bicyclic) bond motifs is 1. The summed E-state index contributed by atoms with van der Waals surface area (Å²) in [7, 11) is 0. The number of piperidine rings is 1. The molecule has 10 heteroatoms. The van der Waals surface area contributed by atoms with Gasteiger partial charge in [0.05, 0.1) is 17.3 Å². The van der Waals surface area contributed by atoms with Crippen LogP contribution in [0.5, 0.6) is 0 Å². The molecule has 4 heterocycles. The van der Waals surface area contributed by atoms with Crippen molar-refractivity contribution in [2.45, 2.75) is 43.1 Å². The number of benzene rings is 1. The number of likely N-dealkylation sites (tertiary alicyclic amines) is 1. The summed E-state index contributed by atoms with van der Waals surface area (Å²) in [6.45, 7) is 4.34. The number of thioether (sulfide) groups is 1. The molecule has 1 aromatic carbocycles. The smallest absolute Gasteiger partial charge is 0.268 e. The number of halogens is 1. The molecule has 166 valence electrons. The van der Waals surface area contributed by atoms with Crippen LogP contribution in [0.1, 0.15) is 43.9 Å². The van der Waals surface area contributed by atoms with Crippen molar-refractivity contribution >= 4 is 44.9 Å². The van der Waals surface area contributed by atoms with E-state index >= 15 is 0 Å². The Morgan fingerprint density at radius 1 is 1.16 bits per heavy atom. The molecule has 3 aromatic heterocycles. The van der Waals surface area contributed by atoms with Gasteiger partial charge in [0.1, 0.15) is 10.5 Å². The Labute approximate surface area is 198 Å². The minimum absolute atomic E-state index is 0.0980. The van der Waals surface area contributed by atoms with Gasteiger partial charge in [-0.05, 0) is 68.6 Å². The van der Waals surface area contributed by atoms with Gasteiger partial charge in [-0.2, -0.15) is 0 Å². The lowest BCUT2D eigenvalue weighted by molar-refractivity contribution is 0.167. The number of hydrogen-bond donors (Lipinski definition) is 1. The van der Waals surface area contributed by atoms with Crippen LogP contribution in [-0.4, -0.2) is 42.7 Å². The van der Waals surface area contributed by atoms with Crippen molar-refractivity contribution < 1.29 is 0 Å². The van der Waals surface area contributed by atoms with Crippen LogP contribution in [0, 0.1) is 0 Å². The van der Waals surface area contributed by atoms with Gasteiger partial charge in [0, 0.05) is 10.7 Å². The average Bonchev–Trinajstić information content (AvgIpc) is 3.46. The second kappa shape index (κ2) is 9.35. The topological polar surface area (TPSA) is 79.7 Å². The third kappa shape index (κ3) is 4.34. The van der Waals surface area contributed by atoms with Crippen LogP contribution in [0.15, 0.2) is 45.7 Å². The van der Waals surface area contributed by atoms with E-state index in [-0.39, 0.29) is 11.6 Å². The van der Waals surface area contributed by atoms with Crippen molar-refractivity contribution in [1.82, 2.24) is 29.6 Å². The molecule has 1 aliphatic rings. The molecule has 5 rings (SSSR count). The van der Waals surface area contributed by atoms with E-state index in [1.54, 1.807) is 0 Å². The van der Waals surface area contributed by atoms with Crippen LogP contribution in [0.2, 0.25) is 5.02 Å². The highest BCUT2D eigenvalue weighted by Crippen LogP contribution is 2.31. The average molecular weight is 487 g/mol. The van der Waals surface area contributed by atoms with Gasteiger partial charge in [-0.25, -0.2) is 4.98 Å². The SMILES string of the molecule is CC(c1nnc(SCc2nc3ccsc3c(=O)[nH]2)n1-c1ccc(Cl)cc1)N1CCCCC1. The minimum Gasteiger partial charge on any atom is -0.309 e. The Bertz CT molecular complexity index is 1280. The van der Waals surface area contributed by atoms with E-state index < -0.39 is 0 Å². The normalized spacial score (nSPS) is 15.9. The summed E-state index contributed by atoms with van der Waals surface area (Å²) in [4.78, 5) is 22.3. The monoisotopic (exact) mass is 486 g/mol. The Hall–Kier alpha value is -2.20. The van der Waals surface area contributed by atoms with Crippen LogP contribution >= 0.6 is 34.7 Å². The predicted molar refractivity (Wildman–Crippen MR) is 130 cm³/mol. The van der Waals surface area contributed by atoms with Gasteiger partial charge in [0.2, 0.25) is 0 Å². The number of aromatic amines is 1. The molecular formula is C22H23ClN6OS2. The van der Waals surface area contributed by atoms with Gasteiger partial charge in [0.25, 0.3) is 5.56 Å². The van der Waals surface area contributed by atoms with Crippen LogP contribution in [0.4, 0.5) is 0 Å². The third-order valence-corrected chi connectivity index (χ3v) is 7.85. The number of hydrogen-bond acceptors (Lipinski definition) is 7. The molecule has 1 aliphatic heterocycles. The molecule has 0 spiro atoms. The van der Waals surface area contributed by atoms with Gasteiger partial charge in [-0.1, -0.05) is 29.8 Å². The fraction of sp³-hybridized carbons (Fsp3) is 0.364. The molecule has 0 aliphatic carbocycles. The first-order valence-corrected chi connectivity index (χ1v) is 12.9. The Kier molecular flexibility index (Phi) is 6.32. The maximum absolute atomic E-state index is 12.3. The predicted octanol–water partition coefficient (Wildman–Crippen LogP) is 5.06. The standard InChI is InChI=1S/C22H23ClN6OS2/c1-14(28-10-3-2-4-11-28)20-26-27-22(29(20)16-7-5-15(23)6-8-16)32-13-18-24-17-9-12-31-19(17)21(30)25-18/h5-9,12,14H,2-4,10-11,13H2,1H3,(H,24,25,30). The summed E-state index contributed by atoms with van der Waals surface area (Å²) in [5.74, 6) is 2.03. The number of H-pyrrole nitrogens is 1. The Morgan fingerprint density at radius 2 is 1.94 bits per heavy atom. The Morgan fingerprint density at radius 3 is 2.72 bits per heavy atom. The molecule has 7 nitrogen and oxygen atoms in total. The molecule has 0 saturated carbocycles. The minimum atomic E-state index is -0.0980. The van der Waals surface area contributed by atoms with E-state index in [1.165, 1.54) is 42.4 Å². The van der Waals surface area contributed by atoms with E-state index in [0.717, 1.165) is 35.3 Å². The molecule has 0 amide bonds. The summed E-state index contributed by atoms with van der Waals surface area (Å²) in [5.41, 5.74) is 1.60. The van der Waals surface area contributed by atoms with E-state index in [2.05, 4.69) is 36.6 Å². The molecular weight excluding hydrogens is 464 g/mol. The lowest BCUT2D eigenvalue weighted by atomic mass is 10.1. The number of nitrogens with zero attached hydrogens (tertiary/aromatic N) is 5. The fourth-order valence-corrected chi connectivity index (χ4v) is 5.75. The molecule has 32 heavy (non-hydrogen) atoms. The second-order valence-electron chi connectivity index (χ2n) is 7.86. The van der Waals surface area contributed by atoms with Crippen LogP contribution in [0.3, 0.4) is 0 Å². The fourth-order valence-electron chi connectivity index (χ4n) is 4.07. The first-order valence-electron chi connectivity index (χ1n) is 10.6. The zero-order valence-electron chi connectivity index (χ0n) is 17.6. The van der Waals surface area contributed by atoms with Crippen LogP contribution < -0.4 is 5.56 Å². The van der Waals surface area contributed by atoms with Crippen molar-refractivity contribution in [3.05, 3.63) is 62.7 Å². The van der Waals surface area contributed by atoms with Crippen LogP contribution in [-0.2, 0) is 5.75 Å². The largest absolute Gasteiger partial charge is 0.309 e. The highest BCUT2D eigenvalue weighted by atomic mass is 35.5.